The monoisotopic (exact) mass is 386 g/mol. The van der Waals surface area contributed by atoms with Crippen molar-refractivity contribution in [3.63, 3.8) is 0 Å². The van der Waals surface area contributed by atoms with Crippen LogP contribution in [0, 0.1) is 11.7 Å². The quantitative estimate of drug-likeness (QED) is 0.642. The first-order valence-corrected chi connectivity index (χ1v) is 11.1. The lowest BCUT2D eigenvalue weighted by molar-refractivity contribution is 0.159. The Kier molecular flexibility index (Phi) is 7.19. The highest BCUT2D eigenvalue weighted by Gasteiger charge is 2.29. The summed E-state index contributed by atoms with van der Waals surface area (Å²) in [6.45, 7) is 4.25. The van der Waals surface area contributed by atoms with Crippen LogP contribution in [0.25, 0.3) is 0 Å². The molecule has 1 aliphatic rings. The summed E-state index contributed by atoms with van der Waals surface area (Å²) in [6.07, 6.45) is 5.34. The lowest BCUT2D eigenvalue weighted by Crippen LogP contribution is -2.45. The van der Waals surface area contributed by atoms with Crippen molar-refractivity contribution in [1.82, 2.24) is 10.0 Å². The minimum atomic E-state index is -3.21. The van der Waals surface area contributed by atoms with E-state index in [0.717, 1.165) is 32.1 Å². The zero-order chi connectivity index (χ0) is 19.4. The van der Waals surface area contributed by atoms with Crippen molar-refractivity contribution < 1.29 is 17.9 Å². The highest BCUT2D eigenvalue weighted by molar-refractivity contribution is 7.88. The molecule has 0 aliphatic heterocycles. The maximum Gasteiger partial charge on any atom is 0.209 e. The van der Waals surface area contributed by atoms with Gasteiger partial charge in [0.05, 0.1) is 12.4 Å². The molecule has 0 saturated heterocycles. The van der Waals surface area contributed by atoms with Crippen molar-refractivity contribution in [2.45, 2.75) is 63.6 Å². The molecule has 148 valence electrons. The van der Waals surface area contributed by atoms with Crippen molar-refractivity contribution in [3.8, 4) is 0 Å². The van der Waals surface area contributed by atoms with E-state index in [4.69, 9.17) is 0 Å². The third kappa shape index (κ3) is 7.31. The van der Waals surface area contributed by atoms with E-state index >= 15 is 0 Å². The molecule has 0 amide bonds. The first-order valence-electron chi connectivity index (χ1n) is 9.20. The Hall–Kier alpha value is -1.02. The number of aliphatic hydroxyl groups is 1. The molecule has 5 nitrogen and oxygen atoms in total. The van der Waals surface area contributed by atoms with Crippen LogP contribution >= 0.6 is 0 Å². The van der Waals surface area contributed by atoms with E-state index in [1.165, 1.54) is 18.4 Å². The number of halogens is 1. The maximum absolute atomic E-state index is 13.2. The molecule has 7 heteroatoms. The van der Waals surface area contributed by atoms with Crippen molar-refractivity contribution in [2.75, 3.05) is 12.8 Å². The summed E-state index contributed by atoms with van der Waals surface area (Å²) in [5.74, 6) is 0.151. The Morgan fingerprint density at radius 3 is 2.50 bits per heavy atom. The van der Waals surface area contributed by atoms with Gasteiger partial charge in [-0.25, -0.2) is 17.5 Å². The third-order valence-corrected chi connectivity index (χ3v) is 5.86. The van der Waals surface area contributed by atoms with Gasteiger partial charge in [0, 0.05) is 18.1 Å². The van der Waals surface area contributed by atoms with Gasteiger partial charge in [0.2, 0.25) is 10.0 Å². The van der Waals surface area contributed by atoms with E-state index in [-0.39, 0.29) is 5.82 Å². The number of hydrogen-bond donors (Lipinski definition) is 3. The Bertz CT molecular complexity index is 686. The van der Waals surface area contributed by atoms with E-state index in [1.807, 2.05) is 13.8 Å². The van der Waals surface area contributed by atoms with Crippen molar-refractivity contribution in [1.29, 1.82) is 0 Å². The van der Waals surface area contributed by atoms with Gasteiger partial charge in [0.1, 0.15) is 5.82 Å². The minimum absolute atomic E-state index is 0.334. The lowest BCUT2D eigenvalue weighted by Gasteiger charge is -2.35. The molecule has 0 spiro atoms. The SMILES string of the molecule is CC(C)(CC1CCC(NC[C@H](O)c2cccc(F)c2)CC1)NS(C)(=O)=O. The molecule has 0 unspecified atom stereocenters. The van der Waals surface area contributed by atoms with E-state index in [2.05, 4.69) is 10.0 Å². The zero-order valence-electron chi connectivity index (χ0n) is 15.8. The zero-order valence-corrected chi connectivity index (χ0v) is 16.7. The highest BCUT2D eigenvalue weighted by Crippen LogP contribution is 2.31. The van der Waals surface area contributed by atoms with Crippen molar-refractivity contribution in [3.05, 3.63) is 35.6 Å². The van der Waals surface area contributed by atoms with Crippen LogP contribution in [0.15, 0.2) is 24.3 Å². The fraction of sp³-hybridized carbons (Fsp3) is 0.684. The van der Waals surface area contributed by atoms with Gasteiger partial charge in [-0.3, -0.25) is 0 Å². The number of nitrogens with one attached hydrogen (secondary N) is 2. The normalized spacial score (nSPS) is 23.0. The van der Waals surface area contributed by atoms with Crippen LogP contribution in [0.2, 0.25) is 0 Å². The largest absolute Gasteiger partial charge is 0.387 e. The molecule has 1 aromatic rings. The first kappa shape index (κ1) is 21.3. The van der Waals surface area contributed by atoms with Gasteiger partial charge in [-0.1, -0.05) is 12.1 Å². The van der Waals surface area contributed by atoms with Crippen LogP contribution < -0.4 is 10.0 Å². The van der Waals surface area contributed by atoms with Crippen LogP contribution in [0.3, 0.4) is 0 Å². The fourth-order valence-corrected chi connectivity index (χ4v) is 5.03. The molecule has 1 aliphatic carbocycles. The summed E-state index contributed by atoms with van der Waals surface area (Å²) < 4.78 is 38.9. The molecule has 2 rings (SSSR count). The molecule has 0 heterocycles. The molecule has 0 bridgehead atoms. The standard InChI is InChI=1S/C19H31FN2O3S/c1-19(2,22-26(3,24)25)12-14-7-9-17(10-8-14)21-13-18(23)15-5-4-6-16(20)11-15/h4-6,11,14,17-18,21-23H,7-10,12-13H2,1-3H3/t14?,17?,18-/m0/s1. The highest BCUT2D eigenvalue weighted by atomic mass is 32.2. The third-order valence-electron chi connectivity index (χ3n) is 4.94. The lowest BCUT2D eigenvalue weighted by atomic mass is 9.79. The van der Waals surface area contributed by atoms with E-state index in [1.54, 1.807) is 12.1 Å². The van der Waals surface area contributed by atoms with Gasteiger partial charge in [0.25, 0.3) is 0 Å². The number of rotatable bonds is 8. The van der Waals surface area contributed by atoms with Gasteiger partial charge < -0.3 is 10.4 Å². The van der Waals surface area contributed by atoms with E-state index in [0.29, 0.717) is 24.1 Å². The average molecular weight is 387 g/mol. The van der Waals surface area contributed by atoms with Gasteiger partial charge in [-0.2, -0.15) is 0 Å². The molecule has 1 aromatic carbocycles. The van der Waals surface area contributed by atoms with Gasteiger partial charge in [-0.05, 0) is 69.6 Å². The summed E-state index contributed by atoms with van der Waals surface area (Å²) in [5, 5.41) is 13.6. The van der Waals surface area contributed by atoms with E-state index in [9.17, 15) is 17.9 Å². The molecule has 3 N–H and O–H groups in total. The maximum atomic E-state index is 13.2. The van der Waals surface area contributed by atoms with Crippen LogP contribution in [-0.2, 0) is 10.0 Å². The summed E-state index contributed by atoms with van der Waals surface area (Å²) in [5.41, 5.74) is 0.145. The molecule has 1 saturated carbocycles. The first-order chi connectivity index (χ1) is 12.0. The Morgan fingerprint density at radius 1 is 1.27 bits per heavy atom. The topological polar surface area (TPSA) is 78.4 Å². The van der Waals surface area contributed by atoms with E-state index < -0.39 is 21.7 Å². The molecule has 26 heavy (non-hydrogen) atoms. The predicted molar refractivity (Wildman–Crippen MR) is 102 cm³/mol. The molecule has 1 atom stereocenters. The smallest absolute Gasteiger partial charge is 0.209 e. The number of sulfonamides is 1. The summed E-state index contributed by atoms with van der Waals surface area (Å²) >= 11 is 0. The Labute approximate surface area is 156 Å². The van der Waals surface area contributed by atoms with Crippen molar-refractivity contribution in [2.24, 2.45) is 5.92 Å². The number of aliphatic hydroxyl groups excluding tert-OH is 1. The molecular weight excluding hydrogens is 355 g/mol. The van der Waals surface area contributed by atoms with Crippen LogP contribution in [0.4, 0.5) is 4.39 Å². The number of benzene rings is 1. The Morgan fingerprint density at radius 2 is 1.92 bits per heavy atom. The second-order valence-corrected chi connectivity index (χ2v) is 9.91. The summed E-state index contributed by atoms with van der Waals surface area (Å²) in [4.78, 5) is 0. The number of hydrogen-bond acceptors (Lipinski definition) is 4. The molecular formula is C19H31FN2O3S. The van der Waals surface area contributed by atoms with Crippen LogP contribution in [0.5, 0.6) is 0 Å². The molecule has 0 aromatic heterocycles. The van der Waals surface area contributed by atoms with Gasteiger partial charge in [0.15, 0.2) is 0 Å². The van der Waals surface area contributed by atoms with Crippen LogP contribution in [-0.4, -0.2) is 37.9 Å². The molecule has 0 radical (unpaired) electrons. The average Bonchev–Trinajstić information content (AvgIpc) is 2.51. The van der Waals surface area contributed by atoms with Gasteiger partial charge >= 0.3 is 0 Å². The van der Waals surface area contributed by atoms with Crippen LogP contribution in [0.1, 0.15) is 57.6 Å². The molecule has 1 fully saturated rings. The minimum Gasteiger partial charge on any atom is -0.387 e. The summed E-state index contributed by atoms with van der Waals surface area (Å²) in [6, 6.07) is 6.39. The van der Waals surface area contributed by atoms with Crippen molar-refractivity contribution >= 4 is 10.0 Å². The second-order valence-electron chi connectivity index (χ2n) is 8.16. The summed E-state index contributed by atoms with van der Waals surface area (Å²) in [7, 11) is -3.21. The second kappa shape index (κ2) is 8.78. The van der Waals surface area contributed by atoms with Gasteiger partial charge in [-0.15, -0.1) is 0 Å². The predicted octanol–water partition coefficient (Wildman–Crippen LogP) is 2.73. The Balaban J connectivity index is 1.74. The fourth-order valence-electron chi connectivity index (χ4n) is 3.95.